The van der Waals surface area contributed by atoms with Gasteiger partial charge in [0.15, 0.2) is 0 Å². The van der Waals surface area contributed by atoms with Gasteiger partial charge in [0.25, 0.3) is 0 Å². The average molecular weight is 348 g/mol. The summed E-state index contributed by atoms with van der Waals surface area (Å²) < 4.78 is 18.6. The molecule has 2 aromatic carbocycles. The first-order valence-corrected chi connectivity index (χ1v) is 8.41. The normalized spacial score (nSPS) is 16.6. The molecule has 0 bridgehead atoms. The van der Waals surface area contributed by atoms with Crippen LogP contribution in [0.15, 0.2) is 48.5 Å². The Bertz CT molecular complexity index is 699. The number of rotatable bonds is 4. The summed E-state index contributed by atoms with van der Waals surface area (Å²) in [7, 11) is 0. The Balaban J connectivity index is 1.88. The first kappa shape index (κ1) is 16.9. The van der Waals surface area contributed by atoms with Gasteiger partial charge in [-0.3, -0.25) is 4.79 Å². The van der Waals surface area contributed by atoms with Crippen molar-refractivity contribution in [2.75, 3.05) is 13.2 Å². The molecule has 0 spiro atoms. The van der Waals surface area contributed by atoms with Crippen molar-refractivity contribution in [3.8, 4) is 0 Å². The molecule has 1 heterocycles. The monoisotopic (exact) mass is 347 g/mol. The minimum atomic E-state index is -0.408. The topological polar surface area (TPSA) is 38.3 Å². The van der Waals surface area contributed by atoms with Crippen LogP contribution in [0.5, 0.6) is 0 Å². The van der Waals surface area contributed by atoms with Crippen LogP contribution >= 0.6 is 11.6 Å². The van der Waals surface area contributed by atoms with Gasteiger partial charge in [-0.15, -0.1) is 0 Å². The van der Waals surface area contributed by atoms with E-state index in [2.05, 4.69) is 5.32 Å². The molecule has 126 valence electrons. The summed E-state index contributed by atoms with van der Waals surface area (Å²) in [6, 6.07) is 13.1. The Morgan fingerprint density at radius 3 is 2.46 bits per heavy atom. The third-order valence-electron chi connectivity index (χ3n) is 4.30. The van der Waals surface area contributed by atoms with Crippen molar-refractivity contribution in [2.24, 2.45) is 5.92 Å². The van der Waals surface area contributed by atoms with Crippen LogP contribution < -0.4 is 5.32 Å². The number of nitrogens with one attached hydrogen (secondary N) is 1. The minimum absolute atomic E-state index is 0.0208. The zero-order valence-corrected chi connectivity index (χ0v) is 13.9. The summed E-state index contributed by atoms with van der Waals surface area (Å²) in [5, 5.41) is 3.65. The highest BCUT2D eigenvalue weighted by molar-refractivity contribution is 6.31. The second-order valence-electron chi connectivity index (χ2n) is 5.90. The summed E-state index contributed by atoms with van der Waals surface area (Å²) in [5.74, 6) is -0.399. The standard InChI is InChI=1S/C19H19ClFNO2/c20-17-4-2-1-3-16(17)18(13-5-7-15(21)8-6-13)22-19(23)14-9-11-24-12-10-14/h1-8,14,18H,9-12H2,(H,22,23)/t18-/m0/s1. The van der Waals surface area contributed by atoms with E-state index in [0.717, 1.165) is 11.1 Å². The first-order valence-electron chi connectivity index (χ1n) is 8.03. The van der Waals surface area contributed by atoms with Crippen molar-refractivity contribution in [2.45, 2.75) is 18.9 Å². The van der Waals surface area contributed by atoms with Gasteiger partial charge >= 0.3 is 0 Å². The summed E-state index contributed by atoms with van der Waals surface area (Å²) in [6.45, 7) is 1.21. The Morgan fingerprint density at radius 2 is 1.79 bits per heavy atom. The van der Waals surface area contributed by atoms with Crippen LogP contribution in [0.2, 0.25) is 5.02 Å². The maximum Gasteiger partial charge on any atom is 0.224 e. The molecule has 3 rings (SSSR count). The number of ether oxygens (including phenoxy) is 1. The molecule has 1 fully saturated rings. The molecule has 2 aromatic rings. The fourth-order valence-electron chi connectivity index (χ4n) is 2.92. The molecule has 24 heavy (non-hydrogen) atoms. The molecule has 0 radical (unpaired) electrons. The van der Waals surface area contributed by atoms with Crippen LogP contribution in [0.25, 0.3) is 0 Å². The molecule has 5 heteroatoms. The van der Waals surface area contributed by atoms with Gasteiger partial charge in [-0.2, -0.15) is 0 Å². The molecule has 1 saturated heterocycles. The molecule has 1 amide bonds. The zero-order valence-electron chi connectivity index (χ0n) is 13.2. The van der Waals surface area contributed by atoms with Gasteiger partial charge in [-0.25, -0.2) is 4.39 Å². The average Bonchev–Trinajstić information content (AvgIpc) is 2.62. The maximum atomic E-state index is 13.3. The van der Waals surface area contributed by atoms with Crippen LogP contribution in [0, 0.1) is 11.7 Å². The number of hydrogen-bond donors (Lipinski definition) is 1. The van der Waals surface area contributed by atoms with Crippen LogP contribution in [-0.2, 0) is 9.53 Å². The molecule has 0 saturated carbocycles. The Morgan fingerprint density at radius 1 is 1.12 bits per heavy atom. The zero-order chi connectivity index (χ0) is 16.9. The summed E-state index contributed by atoms with van der Waals surface area (Å²) in [6.07, 6.45) is 1.43. The Kier molecular flexibility index (Phi) is 5.48. The van der Waals surface area contributed by atoms with Gasteiger partial charge < -0.3 is 10.1 Å². The van der Waals surface area contributed by atoms with Crippen LogP contribution in [0.3, 0.4) is 0 Å². The summed E-state index contributed by atoms with van der Waals surface area (Å²) >= 11 is 6.32. The summed E-state index contributed by atoms with van der Waals surface area (Å²) in [4.78, 5) is 12.6. The lowest BCUT2D eigenvalue weighted by Crippen LogP contribution is -2.37. The molecular weight excluding hydrogens is 329 g/mol. The van der Waals surface area contributed by atoms with Gasteiger partial charge in [0, 0.05) is 24.2 Å². The van der Waals surface area contributed by atoms with E-state index in [1.54, 1.807) is 18.2 Å². The van der Waals surface area contributed by atoms with Crippen LogP contribution in [-0.4, -0.2) is 19.1 Å². The quantitative estimate of drug-likeness (QED) is 0.903. The minimum Gasteiger partial charge on any atom is -0.381 e. The van der Waals surface area contributed by atoms with Crippen molar-refractivity contribution in [1.29, 1.82) is 0 Å². The predicted molar refractivity (Wildman–Crippen MR) is 91.4 cm³/mol. The van der Waals surface area contributed by atoms with Gasteiger partial charge in [0.1, 0.15) is 5.82 Å². The smallest absolute Gasteiger partial charge is 0.224 e. The van der Waals surface area contributed by atoms with E-state index < -0.39 is 6.04 Å². The fourth-order valence-corrected chi connectivity index (χ4v) is 3.17. The molecule has 1 aliphatic rings. The fraction of sp³-hybridized carbons (Fsp3) is 0.316. The van der Waals surface area contributed by atoms with E-state index in [1.165, 1.54) is 12.1 Å². The van der Waals surface area contributed by atoms with Gasteiger partial charge in [0.05, 0.1) is 6.04 Å². The number of hydrogen-bond acceptors (Lipinski definition) is 2. The Hall–Kier alpha value is -1.91. The SMILES string of the molecule is O=C(N[C@@H](c1ccc(F)cc1)c1ccccc1Cl)C1CCOCC1. The second kappa shape index (κ2) is 7.77. The van der Waals surface area contributed by atoms with E-state index in [4.69, 9.17) is 16.3 Å². The van der Waals surface area contributed by atoms with E-state index >= 15 is 0 Å². The number of halogens is 2. The van der Waals surface area contributed by atoms with E-state index in [-0.39, 0.29) is 17.6 Å². The highest BCUT2D eigenvalue weighted by Crippen LogP contribution is 2.29. The van der Waals surface area contributed by atoms with Gasteiger partial charge in [0.2, 0.25) is 5.91 Å². The molecule has 0 aliphatic carbocycles. The molecule has 0 unspecified atom stereocenters. The summed E-state index contributed by atoms with van der Waals surface area (Å²) in [5.41, 5.74) is 1.59. The molecule has 1 aliphatic heterocycles. The number of benzene rings is 2. The molecule has 1 N–H and O–H groups in total. The van der Waals surface area contributed by atoms with Crippen molar-refractivity contribution in [1.82, 2.24) is 5.32 Å². The van der Waals surface area contributed by atoms with Crippen LogP contribution in [0.4, 0.5) is 4.39 Å². The van der Waals surface area contributed by atoms with E-state index in [1.807, 2.05) is 18.2 Å². The second-order valence-corrected chi connectivity index (χ2v) is 6.31. The molecule has 1 atom stereocenters. The third-order valence-corrected chi connectivity index (χ3v) is 4.64. The number of carbonyl (C=O) groups excluding carboxylic acids is 1. The molecule has 3 nitrogen and oxygen atoms in total. The van der Waals surface area contributed by atoms with Crippen LogP contribution in [0.1, 0.15) is 30.0 Å². The van der Waals surface area contributed by atoms with Crippen molar-refractivity contribution in [3.05, 3.63) is 70.5 Å². The van der Waals surface area contributed by atoms with Crippen molar-refractivity contribution in [3.63, 3.8) is 0 Å². The first-order chi connectivity index (χ1) is 11.6. The highest BCUT2D eigenvalue weighted by Gasteiger charge is 2.26. The lowest BCUT2D eigenvalue weighted by molar-refractivity contribution is -0.128. The maximum absolute atomic E-state index is 13.3. The van der Waals surface area contributed by atoms with Crippen molar-refractivity contribution >= 4 is 17.5 Å². The largest absolute Gasteiger partial charge is 0.381 e. The predicted octanol–water partition coefficient (Wildman–Crippen LogP) is 4.11. The highest BCUT2D eigenvalue weighted by atomic mass is 35.5. The molecule has 0 aromatic heterocycles. The number of carbonyl (C=O) groups is 1. The molecular formula is C19H19ClFNO2. The Labute approximate surface area is 145 Å². The van der Waals surface area contributed by atoms with E-state index in [9.17, 15) is 9.18 Å². The van der Waals surface area contributed by atoms with Gasteiger partial charge in [-0.1, -0.05) is 41.9 Å². The number of amides is 1. The van der Waals surface area contributed by atoms with E-state index in [0.29, 0.717) is 31.1 Å². The lowest BCUT2D eigenvalue weighted by atomic mass is 9.95. The lowest BCUT2D eigenvalue weighted by Gasteiger charge is -2.26. The van der Waals surface area contributed by atoms with Crippen molar-refractivity contribution < 1.29 is 13.9 Å². The van der Waals surface area contributed by atoms with Gasteiger partial charge in [-0.05, 0) is 42.2 Å². The third kappa shape index (κ3) is 3.94.